The van der Waals surface area contributed by atoms with Crippen molar-refractivity contribution in [3.63, 3.8) is 0 Å². The quantitative estimate of drug-likeness (QED) is 0.654. The molecule has 0 aromatic heterocycles. The maximum absolute atomic E-state index is 9.21. The lowest BCUT2D eigenvalue weighted by Crippen LogP contribution is -2.59. The molecule has 2 heterocycles. The van der Waals surface area contributed by atoms with E-state index in [1.165, 1.54) is 0 Å². The Hall–Kier alpha value is -0.160. The molecule has 1 atom stereocenters. The molecule has 2 aliphatic rings. The number of ether oxygens (including phenoxy) is 1. The predicted molar refractivity (Wildman–Crippen MR) is 58.9 cm³/mol. The van der Waals surface area contributed by atoms with E-state index >= 15 is 0 Å². The number of aliphatic hydroxyl groups is 1. The highest BCUT2D eigenvalue weighted by Gasteiger charge is 2.41. The van der Waals surface area contributed by atoms with Gasteiger partial charge in [0.15, 0.2) is 0 Å². The zero-order valence-electron chi connectivity index (χ0n) is 9.78. The van der Waals surface area contributed by atoms with Crippen LogP contribution in [0.1, 0.15) is 12.8 Å². The van der Waals surface area contributed by atoms with E-state index in [1.54, 1.807) is 0 Å². The van der Waals surface area contributed by atoms with Crippen LogP contribution in [0.5, 0.6) is 0 Å². The van der Waals surface area contributed by atoms with E-state index in [0.29, 0.717) is 0 Å². The van der Waals surface area contributed by atoms with Gasteiger partial charge in [0.1, 0.15) is 0 Å². The maximum atomic E-state index is 9.21. The number of nitrogens with zero attached hydrogens (tertiary/aromatic N) is 2. The molecule has 0 aromatic rings. The molecule has 2 rings (SSSR count). The average molecular weight is 214 g/mol. The van der Waals surface area contributed by atoms with Crippen LogP contribution in [0.2, 0.25) is 0 Å². The van der Waals surface area contributed by atoms with Crippen LogP contribution in [0.15, 0.2) is 0 Å². The van der Waals surface area contributed by atoms with Crippen molar-refractivity contribution in [1.29, 1.82) is 0 Å². The van der Waals surface area contributed by atoms with E-state index in [0.717, 1.165) is 39.0 Å². The van der Waals surface area contributed by atoms with Gasteiger partial charge in [-0.1, -0.05) is 0 Å². The normalized spacial score (nSPS) is 33.4. The fourth-order valence-corrected chi connectivity index (χ4v) is 2.73. The van der Waals surface area contributed by atoms with E-state index in [1.807, 2.05) is 0 Å². The molecule has 4 nitrogen and oxygen atoms in total. The molecule has 4 heteroatoms. The van der Waals surface area contributed by atoms with Crippen LogP contribution in [0.4, 0.5) is 0 Å². The third-order valence-corrected chi connectivity index (χ3v) is 3.59. The highest BCUT2D eigenvalue weighted by Crippen LogP contribution is 2.31. The molecule has 0 bridgehead atoms. The summed E-state index contributed by atoms with van der Waals surface area (Å²) in [6.45, 7) is 4.21. The Morgan fingerprint density at radius 1 is 1.27 bits per heavy atom. The molecule has 1 N–H and O–H groups in total. The van der Waals surface area contributed by atoms with Gasteiger partial charge in [-0.25, -0.2) is 0 Å². The summed E-state index contributed by atoms with van der Waals surface area (Å²) in [4.78, 5) is 4.63. The zero-order valence-corrected chi connectivity index (χ0v) is 9.78. The van der Waals surface area contributed by atoms with Gasteiger partial charge >= 0.3 is 0 Å². The number of likely N-dealkylation sites (N-methyl/N-ethyl adjacent to an activating group) is 1. The molecule has 0 radical (unpaired) electrons. The third-order valence-electron chi connectivity index (χ3n) is 3.59. The summed E-state index contributed by atoms with van der Waals surface area (Å²) in [5.41, 5.74) is 0.00685. The average Bonchev–Trinajstić information content (AvgIpc) is 2.22. The van der Waals surface area contributed by atoms with Gasteiger partial charge in [-0.2, -0.15) is 0 Å². The highest BCUT2D eigenvalue weighted by atomic mass is 16.5. The molecular formula is C11H22N2O2. The monoisotopic (exact) mass is 214 g/mol. The molecule has 0 saturated carbocycles. The number of hydrogen-bond donors (Lipinski definition) is 1. The van der Waals surface area contributed by atoms with Crippen molar-refractivity contribution in [2.45, 2.75) is 24.5 Å². The fourth-order valence-electron chi connectivity index (χ4n) is 2.73. The number of rotatable bonds is 1. The van der Waals surface area contributed by atoms with Crippen molar-refractivity contribution in [2.75, 3.05) is 46.9 Å². The van der Waals surface area contributed by atoms with Crippen molar-refractivity contribution in [3.05, 3.63) is 0 Å². The maximum Gasteiger partial charge on any atom is 0.0940 e. The molecule has 0 aliphatic carbocycles. The lowest BCUT2D eigenvalue weighted by atomic mass is 9.89. The summed E-state index contributed by atoms with van der Waals surface area (Å²) in [7, 11) is 4.27. The number of piperidine rings is 1. The van der Waals surface area contributed by atoms with Crippen LogP contribution in [0.25, 0.3) is 0 Å². The van der Waals surface area contributed by atoms with Crippen LogP contribution in [0.3, 0.4) is 0 Å². The van der Waals surface area contributed by atoms with Crippen molar-refractivity contribution in [3.8, 4) is 0 Å². The molecule has 15 heavy (non-hydrogen) atoms. The smallest absolute Gasteiger partial charge is 0.0940 e. The lowest BCUT2D eigenvalue weighted by Gasteiger charge is -2.48. The summed E-state index contributed by atoms with van der Waals surface area (Å²) in [6.07, 6.45) is 2.18. The van der Waals surface area contributed by atoms with Crippen LogP contribution in [-0.2, 0) is 4.74 Å². The SMILES string of the molecule is CN1CCC2(CC1)CN(C)CC(CO)O2. The molecule has 2 saturated heterocycles. The Bertz CT molecular complexity index is 215. The second kappa shape index (κ2) is 4.37. The number of morpholine rings is 1. The minimum Gasteiger partial charge on any atom is -0.394 e. The van der Waals surface area contributed by atoms with Gasteiger partial charge in [0.2, 0.25) is 0 Å². The van der Waals surface area contributed by atoms with Gasteiger partial charge in [-0.15, -0.1) is 0 Å². The van der Waals surface area contributed by atoms with E-state index in [2.05, 4.69) is 23.9 Å². The molecule has 1 spiro atoms. The van der Waals surface area contributed by atoms with Crippen LogP contribution in [-0.4, -0.2) is 73.5 Å². The number of likely N-dealkylation sites (tertiary alicyclic amines) is 1. The van der Waals surface area contributed by atoms with Crippen LogP contribution in [0, 0.1) is 0 Å². The van der Waals surface area contributed by atoms with Crippen molar-refractivity contribution in [2.24, 2.45) is 0 Å². The second-order valence-corrected chi connectivity index (χ2v) is 5.11. The Balaban J connectivity index is 2.00. The first-order valence-electron chi connectivity index (χ1n) is 5.79. The van der Waals surface area contributed by atoms with E-state index in [9.17, 15) is 5.11 Å². The van der Waals surface area contributed by atoms with Gasteiger partial charge in [0, 0.05) is 26.2 Å². The Morgan fingerprint density at radius 2 is 1.93 bits per heavy atom. The summed E-state index contributed by atoms with van der Waals surface area (Å²) in [5, 5.41) is 9.21. The molecule has 2 fully saturated rings. The van der Waals surface area contributed by atoms with Crippen LogP contribution >= 0.6 is 0 Å². The van der Waals surface area contributed by atoms with Gasteiger partial charge in [-0.3, -0.25) is 0 Å². The minimum absolute atomic E-state index is 0.00663. The van der Waals surface area contributed by atoms with Crippen molar-refractivity contribution in [1.82, 2.24) is 9.80 Å². The van der Waals surface area contributed by atoms with E-state index < -0.39 is 0 Å². The van der Waals surface area contributed by atoms with Gasteiger partial charge in [0.25, 0.3) is 0 Å². The number of aliphatic hydroxyl groups excluding tert-OH is 1. The summed E-state index contributed by atoms with van der Waals surface area (Å²) in [5.74, 6) is 0. The highest BCUT2D eigenvalue weighted by molar-refractivity contribution is 4.93. The van der Waals surface area contributed by atoms with Crippen LogP contribution < -0.4 is 0 Å². The molecule has 2 aliphatic heterocycles. The van der Waals surface area contributed by atoms with E-state index in [-0.39, 0.29) is 18.3 Å². The number of hydrogen-bond acceptors (Lipinski definition) is 4. The van der Waals surface area contributed by atoms with Crippen molar-refractivity contribution >= 4 is 0 Å². The zero-order chi connectivity index (χ0) is 10.9. The first-order valence-corrected chi connectivity index (χ1v) is 5.79. The molecule has 0 aromatic carbocycles. The first kappa shape index (κ1) is 11.3. The summed E-state index contributed by atoms with van der Waals surface area (Å²) in [6, 6.07) is 0. The lowest BCUT2D eigenvalue weighted by molar-refractivity contribution is -0.179. The van der Waals surface area contributed by atoms with Gasteiger partial charge in [0.05, 0.1) is 18.3 Å². The second-order valence-electron chi connectivity index (χ2n) is 5.11. The van der Waals surface area contributed by atoms with E-state index in [4.69, 9.17) is 4.74 Å². The molecule has 1 unspecified atom stereocenters. The minimum atomic E-state index is 0.00663. The Morgan fingerprint density at radius 3 is 2.53 bits per heavy atom. The standard InChI is InChI=1S/C11H22N2O2/c1-12-5-3-11(4-6-12)9-13(2)7-10(8-14)15-11/h10,14H,3-9H2,1-2H3. The summed E-state index contributed by atoms with van der Waals surface area (Å²) < 4.78 is 6.06. The topological polar surface area (TPSA) is 35.9 Å². The Kier molecular flexibility index (Phi) is 3.30. The Labute approximate surface area is 91.8 Å². The summed E-state index contributed by atoms with van der Waals surface area (Å²) >= 11 is 0. The largest absolute Gasteiger partial charge is 0.394 e. The predicted octanol–water partition coefficient (Wildman–Crippen LogP) is -0.226. The first-order chi connectivity index (χ1) is 7.13. The molecule has 0 amide bonds. The van der Waals surface area contributed by atoms with Gasteiger partial charge in [-0.05, 0) is 26.9 Å². The fraction of sp³-hybridized carbons (Fsp3) is 1.00. The molecule has 88 valence electrons. The molecular weight excluding hydrogens is 192 g/mol. The third kappa shape index (κ3) is 2.50. The van der Waals surface area contributed by atoms with Crippen molar-refractivity contribution < 1.29 is 9.84 Å². The van der Waals surface area contributed by atoms with Gasteiger partial charge < -0.3 is 19.6 Å².